The van der Waals surface area contributed by atoms with Crippen molar-refractivity contribution in [2.24, 2.45) is 0 Å². The number of benzene rings is 2. The Morgan fingerprint density at radius 1 is 1.12 bits per heavy atom. The second-order valence-electron chi connectivity index (χ2n) is 6.09. The van der Waals surface area contributed by atoms with Crippen LogP contribution in [0.3, 0.4) is 0 Å². The molecule has 5 nitrogen and oxygen atoms in total. The van der Waals surface area contributed by atoms with Crippen LogP contribution in [0, 0.1) is 13.8 Å². The van der Waals surface area contributed by atoms with Crippen molar-refractivity contribution < 1.29 is 9.15 Å². The number of ether oxygens (including phenoxy) is 1. The van der Waals surface area contributed by atoms with Crippen LogP contribution >= 0.6 is 11.8 Å². The van der Waals surface area contributed by atoms with Gasteiger partial charge in [0, 0.05) is 22.9 Å². The third kappa shape index (κ3) is 3.46. The summed E-state index contributed by atoms with van der Waals surface area (Å²) in [5.74, 6) is 2.19. The average Bonchev–Trinajstić information content (AvgIpc) is 3.28. The summed E-state index contributed by atoms with van der Waals surface area (Å²) in [4.78, 5) is 3.22. The van der Waals surface area contributed by atoms with Gasteiger partial charge in [-0.25, -0.2) is 0 Å². The molecule has 0 aliphatic rings. The van der Waals surface area contributed by atoms with Crippen molar-refractivity contribution in [2.75, 3.05) is 12.4 Å². The number of aromatic nitrogens is 3. The highest BCUT2D eigenvalue weighted by Crippen LogP contribution is 2.29. The van der Waals surface area contributed by atoms with E-state index in [9.17, 15) is 0 Å². The largest absolute Gasteiger partial charge is 0.492 e. The Hall–Kier alpha value is -2.73. The minimum Gasteiger partial charge on any atom is -0.492 e. The number of hydrogen-bond donors (Lipinski definition) is 1. The number of fused-ring (bicyclic) bond motifs is 1. The van der Waals surface area contributed by atoms with Crippen molar-refractivity contribution in [3.63, 3.8) is 0 Å². The van der Waals surface area contributed by atoms with E-state index < -0.39 is 0 Å². The molecule has 132 valence electrons. The zero-order valence-corrected chi connectivity index (χ0v) is 15.5. The van der Waals surface area contributed by atoms with Gasteiger partial charge in [0.15, 0.2) is 0 Å². The number of H-pyrrole nitrogens is 1. The SMILES string of the molecule is Cc1ccc(C)c(OCCSc2nnc(-c3c[nH]c4ccccc34)o2)c1. The van der Waals surface area contributed by atoms with E-state index in [0.29, 0.717) is 17.7 Å². The summed E-state index contributed by atoms with van der Waals surface area (Å²) in [5, 5.41) is 9.93. The van der Waals surface area contributed by atoms with Crippen LogP contribution in [0.15, 0.2) is 58.3 Å². The van der Waals surface area contributed by atoms with Gasteiger partial charge in [0.25, 0.3) is 11.1 Å². The number of nitrogens with one attached hydrogen (secondary N) is 1. The van der Waals surface area contributed by atoms with E-state index >= 15 is 0 Å². The van der Waals surface area contributed by atoms with E-state index in [-0.39, 0.29) is 0 Å². The van der Waals surface area contributed by atoms with Gasteiger partial charge < -0.3 is 14.1 Å². The average molecular weight is 365 g/mol. The van der Waals surface area contributed by atoms with Crippen molar-refractivity contribution >= 4 is 22.7 Å². The molecule has 2 aromatic heterocycles. The number of aryl methyl sites for hydroxylation is 2. The van der Waals surface area contributed by atoms with E-state index in [0.717, 1.165) is 33.5 Å². The fourth-order valence-electron chi connectivity index (χ4n) is 2.77. The normalized spacial score (nSPS) is 11.2. The molecule has 0 aliphatic heterocycles. The fourth-order valence-corrected chi connectivity index (χ4v) is 3.35. The lowest BCUT2D eigenvalue weighted by atomic mass is 10.1. The van der Waals surface area contributed by atoms with Gasteiger partial charge in [-0.2, -0.15) is 0 Å². The van der Waals surface area contributed by atoms with Crippen LogP contribution < -0.4 is 4.74 Å². The summed E-state index contributed by atoms with van der Waals surface area (Å²) in [6, 6.07) is 14.3. The van der Waals surface area contributed by atoms with Crippen LogP contribution in [0.1, 0.15) is 11.1 Å². The zero-order chi connectivity index (χ0) is 17.9. The second-order valence-corrected chi connectivity index (χ2v) is 7.13. The highest BCUT2D eigenvalue weighted by atomic mass is 32.2. The van der Waals surface area contributed by atoms with Crippen LogP contribution in [0.2, 0.25) is 0 Å². The molecule has 0 saturated heterocycles. The Balaban J connectivity index is 1.37. The summed E-state index contributed by atoms with van der Waals surface area (Å²) < 4.78 is 11.7. The van der Waals surface area contributed by atoms with Gasteiger partial charge in [-0.05, 0) is 37.1 Å². The number of nitrogens with zero attached hydrogens (tertiary/aromatic N) is 2. The van der Waals surface area contributed by atoms with Crippen molar-refractivity contribution in [2.45, 2.75) is 19.1 Å². The van der Waals surface area contributed by atoms with E-state index in [4.69, 9.17) is 9.15 Å². The maximum absolute atomic E-state index is 5.86. The molecule has 4 rings (SSSR count). The van der Waals surface area contributed by atoms with Crippen molar-refractivity contribution in [1.29, 1.82) is 0 Å². The molecule has 2 aromatic carbocycles. The molecule has 0 aliphatic carbocycles. The minimum absolute atomic E-state index is 0.528. The molecule has 0 spiro atoms. The van der Waals surface area contributed by atoms with Gasteiger partial charge in [-0.15, -0.1) is 10.2 Å². The smallest absolute Gasteiger partial charge is 0.276 e. The molecule has 4 aromatic rings. The van der Waals surface area contributed by atoms with E-state index in [1.54, 1.807) is 0 Å². The molecule has 0 radical (unpaired) electrons. The maximum atomic E-state index is 5.86. The van der Waals surface area contributed by atoms with E-state index in [1.807, 2.05) is 37.4 Å². The van der Waals surface area contributed by atoms with Gasteiger partial charge in [0.05, 0.1) is 12.2 Å². The molecule has 0 atom stereocenters. The van der Waals surface area contributed by atoms with E-state index in [2.05, 4.69) is 40.3 Å². The maximum Gasteiger partial charge on any atom is 0.276 e. The third-order valence-corrected chi connectivity index (χ3v) is 4.92. The first-order chi connectivity index (χ1) is 12.7. The Morgan fingerprint density at radius 2 is 2.00 bits per heavy atom. The van der Waals surface area contributed by atoms with Crippen LogP contribution in [-0.2, 0) is 0 Å². The number of para-hydroxylation sites is 1. The fraction of sp³-hybridized carbons (Fsp3) is 0.200. The summed E-state index contributed by atoms with van der Waals surface area (Å²) in [7, 11) is 0. The second kappa shape index (κ2) is 7.25. The van der Waals surface area contributed by atoms with Crippen molar-refractivity contribution in [3.05, 3.63) is 59.8 Å². The summed E-state index contributed by atoms with van der Waals surface area (Å²) in [5.41, 5.74) is 4.31. The molecular weight excluding hydrogens is 346 g/mol. The van der Waals surface area contributed by atoms with Crippen LogP contribution in [0.25, 0.3) is 22.4 Å². The number of rotatable bonds is 6. The van der Waals surface area contributed by atoms with Gasteiger partial charge in [0.2, 0.25) is 0 Å². The van der Waals surface area contributed by atoms with Gasteiger partial charge in [-0.3, -0.25) is 0 Å². The first-order valence-electron chi connectivity index (χ1n) is 8.43. The lowest BCUT2D eigenvalue weighted by Crippen LogP contribution is -2.01. The lowest BCUT2D eigenvalue weighted by Gasteiger charge is -2.08. The molecule has 0 fully saturated rings. The zero-order valence-electron chi connectivity index (χ0n) is 14.7. The van der Waals surface area contributed by atoms with Crippen LogP contribution in [-0.4, -0.2) is 27.5 Å². The topological polar surface area (TPSA) is 63.9 Å². The minimum atomic E-state index is 0.528. The summed E-state index contributed by atoms with van der Waals surface area (Å²) in [6.07, 6.45) is 1.90. The first-order valence-corrected chi connectivity index (χ1v) is 9.42. The highest BCUT2D eigenvalue weighted by molar-refractivity contribution is 7.99. The Kier molecular flexibility index (Phi) is 4.67. The summed E-state index contributed by atoms with van der Waals surface area (Å²) in [6.45, 7) is 4.69. The predicted octanol–water partition coefficient (Wildman–Crippen LogP) is 5.01. The Bertz CT molecular complexity index is 1040. The molecule has 0 saturated carbocycles. The molecule has 2 heterocycles. The van der Waals surface area contributed by atoms with Gasteiger partial charge >= 0.3 is 0 Å². The summed E-state index contributed by atoms with van der Waals surface area (Å²) >= 11 is 1.50. The quantitative estimate of drug-likeness (QED) is 0.384. The molecular formula is C20H19N3O2S. The lowest BCUT2D eigenvalue weighted by molar-refractivity contribution is 0.340. The molecule has 6 heteroatoms. The molecule has 0 bridgehead atoms. The predicted molar refractivity (Wildman–Crippen MR) is 104 cm³/mol. The molecule has 26 heavy (non-hydrogen) atoms. The number of thioether (sulfide) groups is 1. The molecule has 1 N–H and O–H groups in total. The van der Waals surface area contributed by atoms with Crippen LogP contribution in [0.5, 0.6) is 5.75 Å². The van der Waals surface area contributed by atoms with Crippen molar-refractivity contribution in [3.8, 4) is 17.2 Å². The highest BCUT2D eigenvalue weighted by Gasteiger charge is 2.13. The van der Waals surface area contributed by atoms with Crippen LogP contribution in [0.4, 0.5) is 0 Å². The van der Waals surface area contributed by atoms with Gasteiger partial charge in [-0.1, -0.05) is 42.1 Å². The Labute approximate surface area is 155 Å². The third-order valence-electron chi connectivity index (χ3n) is 4.14. The standard InChI is InChI=1S/C20H19N3O2S/c1-13-7-8-14(2)18(11-13)24-9-10-26-20-23-22-19(25-20)16-12-21-17-6-4-3-5-15(16)17/h3-8,11-12,21H,9-10H2,1-2H3. The molecule has 0 amide bonds. The number of hydrogen-bond acceptors (Lipinski definition) is 5. The first kappa shape index (κ1) is 16.7. The Morgan fingerprint density at radius 3 is 2.92 bits per heavy atom. The monoisotopic (exact) mass is 365 g/mol. The molecule has 0 unspecified atom stereocenters. The van der Waals surface area contributed by atoms with E-state index in [1.165, 1.54) is 17.3 Å². The van der Waals surface area contributed by atoms with Gasteiger partial charge in [0.1, 0.15) is 5.75 Å². The van der Waals surface area contributed by atoms with Crippen molar-refractivity contribution in [1.82, 2.24) is 15.2 Å². The number of aromatic amines is 1.